The number of imide groups is 1. The fourth-order valence-corrected chi connectivity index (χ4v) is 5.81. The first-order valence-electron chi connectivity index (χ1n) is 10.6. The van der Waals surface area contributed by atoms with Crippen LogP contribution in [0.3, 0.4) is 0 Å². The zero-order valence-electron chi connectivity index (χ0n) is 19.1. The Morgan fingerprint density at radius 1 is 1.08 bits per heavy atom. The van der Waals surface area contributed by atoms with Crippen molar-refractivity contribution in [1.82, 2.24) is 4.90 Å². The normalized spacial score (nSPS) is 14.8. The summed E-state index contributed by atoms with van der Waals surface area (Å²) >= 11 is 10.0. The summed E-state index contributed by atoms with van der Waals surface area (Å²) < 4.78 is 31.0. The number of amides is 3. The summed E-state index contributed by atoms with van der Waals surface area (Å²) in [6, 6.07) is 17.0. The van der Waals surface area contributed by atoms with Crippen molar-refractivity contribution in [2.24, 2.45) is 0 Å². The highest BCUT2D eigenvalue weighted by Gasteiger charge is 2.35. The Balaban J connectivity index is 1.48. The van der Waals surface area contributed by atoms with Crippen molar-refractivity contribution >= 4 is 78.2 Å². The Bertz CT molecular complexity index is 1520. The summed E-state index contributed by atoms with van der Waals surface area (Å²) in [5.74, 6) is -0.659. The minimum Gasteiger partial charge on any atom is -0.378 e. The lowest BCUT2D eigenvalue weighted by atomic mass is 10.2. The highest BCUT2D eigenvalue weighted by Crippen LogP contribution is 2.35. The van der Waals surface area contributed by atoms with Crippen LogP contribution in [0.2, 0.25) is 5.02 Å². The molecule has 12 heteroatoms. The first kappa shape index (κ1) is 26.9. The number of rotatable bonds is 7. The lowest BCUT2D eigenvalue weighted by molar-refractivity contribution is -0.123. The zero-order valence-corrected chi connectivity index (χ0v) is 23.1. The van der Waals surface area contributed by atoms with Crippen LogP contribution in [0.4, 0.5) is 10.5 Å². The largest absolute Gasteiger partial charge is 0.378 e. The smallest absolute Gasteiger partial charge is 0.339 e. The van der Waals surface area contributed by atoms with Gasteiger partial charge in [0.05, 0.1) is 15.9 Å². The number of carbonyl (C=O) groups excluding carboxylic acids is 3. The molecule has 0 spiro atoms. The van der Waals surface area contributed by atoms with Crippen LogP contribution in [-0.2, 0) is 26.3 Å². The van der Waals surface area contributed by atoms with Crippen molar-refractivity contribution in [3.05, 3.63) is 92.3 Å². The van der Waals surface area contributed by atoms with Gasteiger partial charge in [-0.3, -0.25) is 19.3 Å². The van der Waals surface area contributed by atoms with E-state index in [9.17, 15) is 22.8 Å². The van der Waals surface area contributed by atoms with Gasteiger partial charge >= 0.3 is 10.1 Å². The van der Waals surface area contributed by atoms with E-state index in [1.807, 2.05) is 0 Å². The van der Waals surface area contributed by atoms with E-state index in [-0.39, 0.29) is 33.2 Å². The molecule has 190 valence electrons. The molecule has 0 aromatic heterocycles. The summed E-state index contributed by atoms with van der Waals surface area (Å²) in [7, 11) is -4.15. The molecule has 4 rings (SSSR count). The van der Waals surface area contributed by atoms with Gasteiger partial charge in [0.25, 0.3) is 11.1 Å². The third kappa shape index (κ3) is 6.61. The molecule has 1 aliphatic rings. The first-order chi connectivity index (χ1) is 17.5. The minimum absolute atomic E-state index is 0.0407. The number of nitrogens with one attached hydrogen (secondary N) is 1. The predicted octanol–water partition coefficient (Wildman–Crippen LogP) is 6.07. The second-order valence-electron chi connectivity index (χ2n) is 7.83. The number of benzene rings is 3. The van der Waals surface area contributed by atoms with Crippen molar-refractivity contribution < 1.29 is 27.0 Å². The van der Waals surface area contributed by atoms with Crippen LogP contribution < -0.4 is 9.50 Å². The van der Waals surface area contributed by atoms with Gasteiger partial charge in [0, 0.05) is 17.6 Å². The van der Waals surface area contributed by atoms with E-state index >= 15 is 0 Å². The average Bonchev–Trinajstić information content (AvgIpc) is 3.09. The van der Waals surface area contributed by atoms with Crippen molar-refractivity contribution in [2.45, 2.75) is 18.4 Å². The summed E-state index contributed by atoms with van der Waals surface area (Å²) in [5, 5.41) is 2.73. The minimum atomic E-state index is -4.15. The summed E-state index contributed by atoms with van der Waals surface area (Å²) in [6.07, 6.45) is 1.55. The van der Waals surface area contributed by atoms with Crippen LogP contribution >= 0.6 is 39.3 Å². The van der Waals surface area contributed by atoms with Crippen LogP contribution in [0, 0.1) is 0 Å². The zero-order chi connectivity index (χ0) is 26.7. The van der Waals surface area contributed by atoms with Crippen LogP contribution in [0.25, 0.3) is 6.08 Å². The molecule has 1 saturated heterocycles. The number of halogens is 2. The van der Waals surface area contributed by atoms with Crippen LogP contribution in [-0.4, -0.2) is 30.4 Å². The molecule has 0 radical (unpaired) electrons. The van der Waals surface area contributed by atoms with Crippen molar-refractivity contribution in [2.75, 3.05) is 5.32 Å². The number of hydrogen-bond donors (Lipinski definition) is 1. The molecule has 1 heterocycles. The molecular weight excluding hydrogens is 604 g/mol. The Kier molecular flexibility index (Phi) is 8.08. The number of anilines is 1. The van der Waals surface area contributed by atoms with Crippen LogP contribution in [0.1, 0.15) is 18.1 Å². The summed E-state index contributed by atoms with van der Waals surface area (Å²) in [4.78, 5) is 37.7. The number of hydrogen-bond acceptors (Lipinski definition) is 7. The molecule has 0 saturated carbocycles. The van der Waals surface area contributed by atoms with Gasteiger partial charge in [-0.1, -0.05) is 29.8 Å². The molecule has 0 atom stereocenters. The molecule has 0 unspecified atom stereocenters. The van der Waals surface area contributed by atoms with E-state index < -0.39 is 16.0 Å². The monoisotopic (exact) mass is 620 g/mol. The predicted molar refractivity (Wildman–Crippen MR) is 146 cm³/mol. The maximum Gasteiger partial charge on any atom is 0.339 e. The molecule has 1 aliphatic heterocycles. The fraction of sp³-hybridized carbons (Fsp3) is 0.0800. The van der Waals surface area contributed by atoms with E-state index in [0.717, 1.165) is 22.2 Å². The molecule has 3 aromatic carbocycles. The van der Waals surface area contributed by atoms with Crippen LogP contribution in [0.15, 0.2) is 81.0 Å². The van der Waals surface area contributed by atoms with Gasteiger partial charge in [0.15, 0.2) is 5.75 Å². The second-order valence-corrected chi connectivity index (χ2v) is 11.7. The topological polar surface area (TPSA) is 110 Å². The van der Waals surface area contributed by atoms with Crippen molar-refractivity contribution in [3.8, 4) is 5.75 Å². The van der Waals surface area contributed by atoms with Gasteiger partial charge in [0.1, 0.15) is 4.90 Å². The molecule has 3 amide bonds. The second kappa shape index (κ2) is 11.1. The van der Waals surface area contributed by atoms with Gasteiger partial charge in [-0.15, -0.1) is 0 Å². The summed E-state index contributed by atoms with van der Waals surface area (Å²) in [5.41, 5.74) is 1.78. The maximum atomic E-state index is 12.8. The Hall–Kier alpha value is -3.12. The molecular formula is C25H18BrClN2O6S2. The highest BCUT2D eigenvalue weighted by molar-refractivity contribution is 9.10. The quantitative estimate of drug-likeness (QED) is 0.252. The van der Waals surface area contributed by atoms with Crippen LogP contribution in [0.5, 0.6) is 5.75 Å². The van der Waals surface area contributed by atoms with Crippen molar-refractivity contribution in [3.63, 3.8) is 0 Å². The highest BCUT2D eigenvalue weighted by atomic mass is 79.9. The number of thioether (sulfide) groups is 1. The van der Waals surface area contributed by atoms with E-state index in [2.05, 4.69) is 21.2 Å². The SMILES string of the molecule is CC(=O)Nc1ccc(S(=O)(=O)Oc2ccc(/C=C3\SC(=O)N(Cc4ccc(Cl)cc4)C3=O)cc2Br)cc1. The van der Waals surface area contributed by atoms with E-state index in [1.54, 1.807) is 42.5 Å². The third-order valence-electron chi connectivity index (χ3n) is 5.04. The van der Waals surface area contributed by atoms with Gasteiger partial charge in [-0.2, -0.15) is 8.42 Å². The Labute approximate surface area is 230 Å². The van der Waals surface area contributed by atoms with Gasteiger partial charge < -0.3 is 9.50 Å². The van der Waals surface area contributed by atoms with Crippen molar-refractivity contribution in [1.29, 1.82) is 0 Å². The maximum absolute atomic E-state index is 12.8. The van der Waals surface area contributed by atoms with E-state index in [0.29, 0.717) is 20.7 Å². The van der Waals surface area contributed by atoms with E-state index in [1.165, 1.54) is 37.3 Å². The Morgan fingerprint density at radius 3 is 2.38 bits per heavy atom. The Morgan fingerprint density at radius 2 is 1.76 bits per heavy atom. The number of carbonyl (C=O) groups is 3. The van der Waals surface area contributed by atoms with Gasteiger partial charge in [-0.25, -0.2) is 0 Å². The van der Waals surface area contributed by atoms with Gasteiger partial charge in [0.2, 0.25) is 5.91 Å². The molecule has 1 fully saturated rings. The third-order valence-corrected chi connectivity index (χ3v) is 8.07. The number of nitrogens with zero attached hydrogens (tertiary/aromatic N) is 1. The fourth-order valence-electron chi connectivity index (χ4n) is 3.31. The van der Waals surface area contributed by atoms with Gasteiger partial charge in [-0.05, 0) is 93.4 Å². The lowest BCUT2D eigenvalue weighted by Crippen LogP contribution is -2.27. The molecule has 8 nitrogen and oxygen atoms in total. The first-order valence-corrected chi connectivity index (χ1v) is 14.0. The molecule has 37 heavy (non-hydrogen) atoms. The molecule has 0 bridgehead atoms. The standard InChI is InChI=1S/C25H18BrClN2O6S2/c1-15(30)28-19-7-9-20(10-8-19)37(33,34)35-22-11-4-17(12-21(22)26)13-23-24(31)29(25(32)36-23)14-16-2-5-18(27)6-3-16/h2-13H,14H2,1H3,(H,28,30)/b23-13-. The molecule has 3 aromatic rings. The average molecular weight is 622 g/mol. The summed E-state index contributed by atoms with van der Waals surface area (Å²) in [6.45, 7) is 1.47. The molecule has 0 aliphatic carbocycles. The lowest BCUT2D eigenvalue weighted by Gasteiger charge is -2.12. The molecule has 1 N–H and O–H groups in total. The van der Waals surface area contributed by atoms with E-state index in [4.69, 9.17) is 15.8 Å².